The predicted molar refractivity (Wildman–Crippen MR) is 97.9 cm³/mol. The van der Waals surface area contributed by atoms with E-state index in [0.717, 1.165) is 57.9 Å². The van der Waals surface area contributed by atoms with Gasteiger partial charge in [0.1, 0.15) is 5.82 Å². The Kier molecular flexibility index (Phi) is 5.39. The summed E-state index contributed by atoms with van der Waals surface area (Å²) in [5, 5.41) is 0. The van der Waals surface area contributed by atoms with Crippen LogP contribution in [0.2, 0.25) is 0 Å². The number of hydrogen-bond donors (Lipinski definition) is 1. The summed E-state index contributed by atoms with van der Waals surface area (Å²) in [4.78, 5) is 36.1. The van der Waals surface area contributed by atoms with Crippen LogP contribution in [0.1, 0.15) is 32.5 Å². The van der Waals surface area contributed by atoms with Crippen LogP contribution in [-0.2, 0) is 20.1 Å². The molecule has 1 aliphatic heterocycles. The Morgan fingerprint density at radius 1 is 1.08 bits per heavy atom. The first-order valence-electron chi connectivity index (χ1n) is 9.18. The molecule has 0 amide bonds. The van der Waals surface area contributed by atoms with Gasteiger partial charge in [0.05, 0.1) is 6.54 Å². The van der Waals surface area contributed by atoms with Crippen LogP contribution in [0.3, 0.4) is 0 Å². The fraction of sp³-hybridized carbons (Fsp3) is 0.706. The minimum atomic E-state index is -0.416. The molecule has 2 aromatic heterocycles. The van der Waals surface area contributed by atoms with Crippen LogP contribution in [-0.4, -0.2) is 61.6 Å². The molecule has 2 aromatic rings. The maximum absolute atomic E-state index is 12.4. The molecule has 1 saturated heterocycles. The molecule has 138 valence electrons. The SMILES string of the molecule is CCCCn1c(CN2CCN(CC)CC2)nc2c1c(=O)[nH]c(=O)n2C. The minimum absolute atomic E-state index is 0.344. The lowest BCUT2D eigenvalue weighted by Gasteiger charge is -2.33. The van der Waals surface area contributed by atoms with Gasteiger partial charge in [-0.25, -0.2) is 9.78 Å². The lowest BCUT2D eigenvalue weighted by molar-refractivity contribution is 0.128. The van der Waals surface area contributed by atoms with Crippen LogP contribution < -0.4 is 11.2 Å². The van der Waals surface area contributed by atoms with Crippen molar-refractivity contribution in [3.8, 4) is 0 Å². The molecule has 0 radical (unpaired) electrons. The summed E-state index contributed by atoms with van der Waals surface area (Å²) in [6.45, 7) is 11.0. The van der Waals surface area contributed by atoms with Crippen LogP contribution in [0.5, 0.6) is 0 Å². The number of fused-ring (bicyclic) bond motifs is 1. The summed E-state index contributed by atoms with van der Waals surface area (Å²) in [5.41, 5.74) is 0.231. The van der Waals surface area contributed by atoms with Crippen molar-refractivity contribution < 1.29 is 0 Å². The summed E-state index contributed by atoms with van der Waals surface area (Å²) in [5.74, 6) is 0.875. The van der Waals surface area contributed by atoms with Crippen LogP contribution in [0.25, 0.3) is 11.2 Å². The normalized spacial score (nSPS) is 16.8. The van der Waals surface area contributed by atoms with E-state index >= 15 is 0 Å². The summed E-state index contributed by atoms with van der Waals surface area (Å²) in [6, 6.07) is 0. The molecular weight excluding hydrogens is 320 g/mol. The second-order valence-corrected chi connectivity index (χ2v) is 6.73. The summed E-state index contributed by atoms with van der Waals surface area (Å²) in [6.07, 6.45) is 2.02. The first-order valence-corrected chi connectivity index (χ1v) is 9.18. The van der Waals surface area contributed by atoms with E-state index in [-0.39, 0.29) is 5.56 Å². The molecule has 0 aliphatic carbocycles. The standard InChI is InChI=1S/C17H28N6O2/c1-4-6-7-23-13(12-22-10-8-21(5-2)9-11-22)18-15-14(23)16(24)19-17(25)20(15)3/h4-12H2,1-3H3,(H,19,24,25). The van der Waals surface area contributed by atoms with Crippen molar-refractivity contribution in [1.29, 1.82) is 0 Å². The highest BCUT2D eigenvalue weighted by Crippen LogP contribution is 2.15. The Labute approximate surface area is 147 Å². The van der Waals surface area contributed by atoms with E-state index in [1.807, 2.05) is 4.57 Å². The number of H-pyrrole nitrogens is 1. The molecule has 8 heteroatoms. The van der Waals surface area contributed by atoms with Gasteiger partial charge >= 0.3 is 5.69 Å². The van der Waals surface area contributed by atoms with Gasteiger partial charge in [0.15, 0.2) is 11.2 Å². The summed E-state index contributed by atoms with van der Waals surface area (Å²) < 4.78 is 3.43. The van der Waals surface area contributed by atoms with Crippen molar-refractivity contribution in [2.45, 2.75) is 39.8 Å². The van der Waals surface area contributed by atoms with Gasteiger partial charge in [-0.3, -0.25) is 19.2 Å². The van der Waals surface area contributed by atoms with Gasteiger partial charge < -0.3 is 9.47 Å². The number of rotatable bonds is 6. The molecule has 1 fully saturated rings. The lowest BCUT2D eigenvalue weighted by Crippen LogP contribution is -2.45. The van der Waals surface area contributed by atoms with Crippen molar-refractivity contribution in [2.75, 3.05) is 32.7 Å². The molecule has 1 N–H and O–H groups in total. The highest BCUT2D eigenvalue weighted by atomic mass is 16.2. The van der Waals surface area contributed by atoms with Crippen molar-refractivity contribution in [3.05, 3.63) is 26.7 Å². The highest BCUT2D eigenvalue weighted by Gasteiger charge is 2.21. The molecular formula is C17H28N6O2. The zero-order valence-corrected chi connectivity index (χ0v) is 15.4. The first kappa shape index (κ1) is 17.9. The molecule has 8 nitrogen and oxygen atoms in total. The molecule has 0 aromatic carbocycles. The third kappa shape index (κ3) is 3.55. The lowest BCUT2D eigenvalue weighted by atomic mass is 10.3. The van der Waals surface area contributed by atoms with Crippen molar-refractivity contribution >= 4 is 11.2 Å². The molecule has 0 unspecified atom stereocenters. The monoisotopic (exact) mass is 348 g/mol. The summed E-state index contributed by atoms with van der Waals surface area (Å²) in [7, 11) is 1.65. The van der Waals surface area contributed by atoms with Gasteiger partial charge in [0.25, 0.3) is 5.56 Å². The highest BCUT2D eigenvalue weighted by molar-refractivity contribution is 5.70. The molecule has 3 heterocycles. The number of unbranched alkanes of at least 4 members (excludes halogenated alkanes) is 1. The zero-order valence-electron chi connectivity index (χ0n) is 15.4. The molecule has 0 saturated carbocycles. The quantitative estimate of drug-likeness (QED) is 0.815. The smallest absolute Gasteiger partial charge is 0.321 e. The van der Waals surface area contributed by atoms with Gasteiger partial charge in [-0.05, 0) is 13.0 Å². The minimum Gasteiger partial charge on any atom is -0.321 e. The van der Waals surface area contributed by atoms with Crippen LogP contribution >= 0.6 is 0 Å². The molecule has 0 atom stereocenters. The number of imidazole rings is 1. The number of piperazine rings is 1. The van der Waals surface area contributed by atoms with E-state index in [1.54, 1.807) is 7.05 Å². The number of hydrogen-bond acceptors (Lipinski definition) is 5. The number of aromatic amines is 1. The number of likely N-dealkylation sites (N-methyl/N-ethyl adjacent to an activating group) is 1. The van der Waals surface area contributed by atoms with Gasteiger partial charge in [0, 0.05) is 39.8 Å². The number of nitrogens with one attached hydrogen (secondary N) is 1. The molecule has 1 aliphatic rings. The average Bonchev–Trinajstić information content (AvgIpc) is 2.97. The molecule has 0 bridgehead atoms. The van der Waals surface area contributed by atoms with Crippen LogP contribution in [0.15, 0.2) is 9.59 Å². The topological polar surface area (TPSA) is 79.2 Å². The van der Waals surface area contributed by atoms with Gasteiger partial charge in [-0.2, -0.15) is 0 Å². The van der Waals surface area contributed by atoms with E-state index < -0.39 is 5.69 Å². The van der Waals surface area contributed by atoms with Crippen molar-refractivity contribution in [2.24, 2.45) is 7.05 Å². The Bertz CT molecular complexity index is 841. The fourth-order valence-corrected chi connectivity index (χ4v) is 3.42. The van der Waals surface area contributed by atoms with E-state index in [2.05, 4.69) is 33.6 Å². The molecule has 0 spiro atoms. The third-order valence-corrected chi connectivity index (χ3v) is 5.10. The maximum Gasteiger partial charge on any atom is 0.329 e. The molecule has 25 heavy (non-hydrogen) atoms. The van der Waals surface area contributed by atoms with Crippen LogP contribution in [0, 0.1) is 0 Å². The Hall–Kier alpha value is -1.93. The predicted octanol–water partition coefficient (Wildman–Crippen LogP) is 0.361. The fourth-order valence-electron chi connectivity index (χ4n) is 3.42. The number of aromatic nitrogens is 4. The number of nitrogens with zero attached hydrogens (tertiary/aromatic N) is 5. The third-order valence-electron chi connectivity index (χ3n) is 5.10. The Morgan fingerprint density at radius 2 is 1.76 bits per heavy atom. The summed E-state index contributed by atoms with van der Waals surface area (Å²) >= 11 is 0. The van der Waals surface area contributed by atoms with Gasteiger partial charge in [-0.15, -0.1) is 0 Å². The van der Waals surface area contributed by atoms with E-state index in [1.165, 1.54) is 4.57 Å². The van der Waals surface area contributed by atoms with Crippen molar-refractivity contribution in [1.82, 2.24) is 28.9 Å². The Balaban J connectivity index is 1.96. The van der Waals surface area contributed by atoms with E-state index in [0.29, 0.717) is 17.7 Å². The van der Waals surface area contributed by atoms with E-state index in [9.17, 15) is 9.59 Å². The number of aryl methyl sites for hydroxylation is 2. The maximum atomic E-state index is 12.4. The zero-order chi connectivity index (χ0) is 18.0. The second-order valence-electron chi connectivity index (χ2n) is 6.73. The van der Waals surface area contributed by atoms with E-state index in [4.69, 9.17) is 0 Å². The van der Waals surface area contributed by atoms with Crippen LogP contribution in [0.4, 0.5) is 0 Å². The molecule has 3 rings (SSSR count). The van der Waals surface area contributed by atoms with Crippen molar-refractivity contribution in [3.63, 3.8) is 0 Å². The van der Waals surface area contributed by atoms with Gasteiger partial charge in [-0.1, -0.05) is 20.3 Å². The average molecular weight is 348 g/mol. The van der Waals surface area contributed by atoms with Gasteiger partial charge in [0.2, 0.25) is 0 Å². The second kappa shape index (κ2) is 7.53. The Morgan fingerprint density at radius 3 is 2.40 bits per heavy atom. The largest absolute Gasteiger partial charge is 0.329 e. The first-order chi connectivity index (χ1) is 12.0.